The van der Waals surface area contributed by atoms with Gasteiger partial charge in [0.25, 0.3) is 0 Å². The van der Waals surface area contributed by atoms with Crippen LogP contribution >= 0.6 is 0 Å². The van der Waals surface area contributed by atoms with E-state index in [2.05, 4.69) is 10.4 Å². The summed E-state index contributed by atoms with van der Waals surface area (Å²) in [6, 6.07) is 2.03. The Morgan fingerprint density at radius 1 is 1.71 bits per heavy atom. The molecular formula is C10H17N3O. The first-order chi connectivity index (χ1) is 6.72. The van der Waals surface area contributed by atoms with E-state index < -0.39 is 6.10 Å². The van der Waals surface area contributed by atoms with Crippen LogP contribution in [0.3, 0.4) is 0 Å². The van der Waals surface area contributed by atoms with E-state index in [-0.39, 0.29) is 0 Å². The Morgan fingerprint density at radius 3 is 3.00 bits per heavy atom. The average molecular weight is 195 g/mol. The topological polar surface area (TPSA) is 50.1 Å². The molecule has 1 aromatic rings. The molecule has 1 fully saturated rings. The number of aliphatic hydroxyl groups excluding tert-OH is 1. The van der Waals surface area contributed by atoms with Crippen LogP contribution in [0.15, 0.2) is 6.07 Å². The molecule has 0 aliphatic heterocycles. The summed E-state index contributed by atoms with van der Waals surface area (Å²) in [5, 5.41) is 17.2. The largest absolute Gasteiger partial charge is 0.385 e. The number of aryl methyl sites for hydroxylation is 1. The standard InChI is InChI=1S/C10H17N3O/c1-11-6-10(14)9-5-8(7-3-4-7)12-13(9)2/h5,7,10-11,14H,3-4,6H2,1-2H3. The van der Waals surface area contributed by atoms with Crippen molar-refractivity contribution < 1.29 is 5.11 Å². The number of hydrogen-bond acceptors (Lipinski definition) is 3. The third kappa shape index (κ3) is 1.81. The summed E-state index contributed by atoms with van der Waals surface area (Å²) in [6.45, 7) is 0.573. The van der Waals surface area contributed by atoms with Crippen molar-refractivity contribution in [2.45, 2.75) is 24.9 Å². The van der Waals surface area contributed by atoms with Gasteiger partial charge < -0.3 is 10.4 Å². The van der Waals surface area contributed by atoms with Gasteiger partial charge in [-0.3, -0.25) is 4.68 Å². The van der Waals surface area contributed by atoms with Crippen LogP contribution in [-0.4, -0.2) is 28.5 Å². The smallest absolute Gasteiger partial charge is 0.108 e. The number of rotatable bonds is 4. The second kappa shape index (κ2) is 3.71. The van der Waals surface area contributed by atoms with Crippen LogP contribution in [0, 0.1) is 0 Å². The van der Waals surface area contributed by atoms with Gasteiger partial charge in [-0.1, -0.05) is 0 Å². The zero-order valence-corrected chi connectivity index (χ0v) is 8.70. The van der Waals surface area contributed by atoms with Crippen molar-refractivity contribution in [1.29, 1.82) is 0 Å². The van der Waals surface area contributed by atoms with Crippen LogP contribution in [0.2, 0.25) is 0 Å². The van der Waals surface area contributed by atoms with Gasteiger partial charge in [-0.05, 0) is 26.0 Å². The van der Waals surface area contributed by atoms with E-state index in [1.807, 2.05) is 20.2 Å². The van der Waals surface area contributed by atoms with E-state index >= 15 is 0 Å². The molecule has 0 saturated heterocycles. The minimum Gasteiger partial charge on any atom is -0.385 e. The molecule has 2 N–H and O–H groups in total. The highest BCUT2D eigenvalue weighted by atomic mass is 16.3. The monoisotopic (exact) mass is 195 g/mol. The van der Waals surface area contributed by atoms with E-state index in [1.54, 1.807) is 4.68 Å². The third-order valence-corrected chi connectivity index (χ3v) is 2.67. The summed E-state index contributed by atoms with van der Waals surface area (Å²) in [5.41, 5.74) is 2.04. The number of aromatic nitrogens is 2. The molecule has 4 heteroatoms. The first-order valence-electron chi connectivity index (χ1n) is 5.09. The Bertz CT molecular complexity index is 317. The molecule has 14 heavy (non-hydrogen) atoms. The summed E-state index contributed by atoms with van der Waals surface area (Å²) in [5.74, 6) is 0.650. The van der Waals surface area contributed by atoms with Gasteiger partial charge in [0, 0.05) is 19.5 Å². The molecule has 1 atom stereocenters. The van der Waals surface area contributed by atoms with Crippen LogP contribution in [0.5, 0.6) is 0 Å². The summed E-state index contributed by atoms with van der Waals surface area (Å²) >= 11 is 0. The van der Waals surface area contributed by atoms with Crippen LogP contribution in [0.25, 0.3) is 0 Å². The number of aliphatic hydroxyl groups is 1. The van der Waals surface area contributed by atoms with Gasteiger partial charge in [0.2, 0.25) is 0 Å². The van der Waals surface area contributed by atoms with Gasteiger partial charge in [-0.15, -0.1) is 0 Å². The molecule has 0 amide bonds. The fourth-order valence-electron chi connectivity index (χ4n) is 1.69. The van der Waals surface area contributed by atoms with E-state index in [1.165, 1.54) is 12.8 Å². The first kappa shape index (κ1) is 9.68. The fraction of sp³-hybridized carbons (Fsp3) is 0.700. The van der Waals surface area contributed by atoms with Gasteiger partial charge in [0.15, 0.2) is 0 Å². The maximum atomic E-state index is 9.79. The molecule has 4 nitrogen and oxygen atoms in total. The lowest BCUT2D eigenvalue weighted by atomic mass is 10.2. The first-order valence-corrected chi connectivity index (χ1v) is 5.09. The zero-order valence-electron chi connectivity index (χ0n) is 8.70. The normalized spacial score (nSPS) is 18.5. The Kier molecular flexibility index (Phi) is 2.56. The summed E-state index contributed by atoms with van der Waals surface area (Å²) in [6.07, 6.45) is 2.04. The zero-order chi connectivity index (χ0) is 10.1. The van der Waals surface area contributed by atoms with Gasteiger partial charge in [-0.2, -0.15) is 5.10 Å². The van der Waals surface area contributed by atoms with Gasteiger partial charge in [0.1, 0.15) is 6.10 Å². The van der Waals surface area contributed by atoms with E-state index in [0.29, 0.717) is 12.5 Å². The highest BCUT2D eigenvalue weighted by molar-refractivity contribution is 5.20. The molecule has 78 valence electrons. The van der Waals surface area contributed by atoms with Crippen LogP contribution in [-0.2, 0) is 7.05 Å². The van der Waals surface area contributed by atoms with E-state index in [4.69, 9.17) is 0 Å². The second-order valence-electron chi connectivity index (χ2n) is 3.97. The Labute approximate surface area is 83.9 Å². The van der Waals surface area contributed by atoms with Crippen molar-refractivity contribution in [3.63, 3.8) is 0 Å². The molecule has 0 bridgehead atoms. The number of nitrogens with zero attached hydrogens (tertiary/aromatic N) is 2. The maximum Gasteiger partial charge on any atom is 0.108 e. The Hall–Kier alpha value is -0.870. The number of likely N-dealkylation sites (N-methyl/N-ethyl adjacent to an activating group) is 1. The molecule has 1 aliphatic rings. The maximum absolute atomic E-state index is 9.79. The minimum atomic E-state index is -0.454. The summed E-state index contributed by atoms with van der Waals surface area (Å²) < 4.78 is 1.79. The van der Waals surface area contributed by atoms with Crippen LogP contribution in [0.4, 0.5) is 0 Å². The molecule has 1 saturated carbocycles. The molecular weight excluding hydrogens is 178 g/mol. The molecule has 1 aliphatic carbocycles. The summed E-state index contributed by atoms with van der Waals surface area (Å²) in [7, 11) is 3.72. The molecule has 2 rings (SSSR count). The SMILES string of the molecule is CNCC(O)c1cc(C2CC2)nn1C. The lowest BCUT2D eigenvalue weighted by molar-refractivity contribution is 0.168. The Morgan fingerprint density at radius 2 is 2.43 bits per heavy atom. The van der Waals surface area contributed by atoms with Crippen LogP contribution < -0.4 is 5.32 Å². The number of hydrogen-bond donors (Lipinski definition) is 2. The van der Waals surface area contributed by atoms with Crippen molar-refractivity contribution in [2.75, 3.05) is 13.6 Å². The fourth-order valence-corrected chi connectivity index (χ4v) is 1.69. The van der Waals surface area contributed by atoms with Crippen molar-refractivity contribution >= 4 is 0 Å². The minimum absolute atomic E-state index is 0.454. The van der Waals surface area contributed by atoms with E-state index in [9.17, 15) is 5.11 Å². The van der Waals surface area contributed by atoms with Crippen molar-refractivity contribution in [2.24, 2.45) is 7.05 Å². The predicted molar refractivity (Wildman–Crippen MR) is 54.1 cm³/mol. The van der Waals surface area contributed by atoms with E-state index in [0.717, 1.165) is 11.4 Å². The van der Waals surface area contributed by atoms with Gasteiger partial charge in [0.05, 0.1) is 11.4 Å². The molecule has 1 aromatic heterocycles. The lowest BCUT2D eigenvalue weighted by Crippen LogP contribution is -2.18. The molecule has 0 radical (unpaired) electrons. The van der Waals surface area contributed by atoms with Crippen molar-refractivity contribution in [3.05, 3.63) is 17.5 Å². The Balaban J connectivity index is 2.15. The third-order valence-electron chi connectivity index (χ3n) is 2.67. The molecule has 0 spiro atoms. The second-order valence-corrected chi connectivity index (χ2v) is 3.97. The van der Waals surface area contributed by atoms with Crippen molar-refractivity contribution in [1.82, 2.24) is 15.1 Å². The molecule has 0 aromatic carbocycles. The van der Waals surface area contributed by atoms with Crippen molar-refractivity contribution in [3.8, 4) is 0 Å². The highest BCUT2D eigenvalue weighted by Crippen LogP contribution is 2.39. The number of nitrogens with one attached hydrogen (secondary N) is 1. The predicted octanol–water partition coefficient (Wildman–Crippen LogP) is 0.550. The van der Waals surface area contributed by atoms with Crippen LogP contribution in [0.1, 0.15) is 36.3 Å². The molecule has 1 unspecified atom stereocenters. The highest BCUT2D eigenvalue weighted by Gasteiger charge is 2.27. The van der Waals surface area contributed by atoms with Gasteiger partial charge >= 0.3 is 0 Å². The lowest BCUT2D eigenvalue weighted by Gasteiger charge is -2.09. The quantitative estimate of drug-likeness (QED) is 0.737. The average Bonchev–Trinajstić information content (AvgIpc) is 2.91. The molecule has 1 heterocycles. The summed E-state index contributed by atoms with van der Waals surface area (Å²) in [4.78, 5) is 0. The van der Waals surface area contributed by atoms with Gasteiger partial charge in [-0.25, -0.2) is 0 Å².